The number of sulfonamides is 1. The lowest BCUT2D eigenvalue weighted by Gasteiger charge is -2.22. The van der Waals surface area contributed by atoms with Crippen LogP contribution in [0.2, 0.25) is 0 Å². The van der Waals surface area contributed by atoms with E-state index in [0.717, 1.165) is 28.2 Å². The third-order valence-electron chi connectivity index (χ3n) is 4.37. The van der Waals surface area contributed by atoms with Gasteiger partial charge in [-0.25, -0.2) is 8.42 Å². The van der Waals surface area contributed by atoms with E-state index < -0.39 is 10.0 Å². The van der Waals surface area contributed by atoms with Crippen LogP contribution in [0.15, 0.2) is 63.6 Å². The van der Waals surface area contributed by atoms with Crippen LogP contribution in [-0.2, 0) is 23.0 Å². The predicted octanol–water partition coefficient (Wildman–Crippen LogP) is 4.87. The van der Waals surface area contributed by atoms with Gasteiger partial charge in [-0.1, -0.05) is 13.0 Å². The quantitative estimate of drug-likeness (QED) is 0.470. The minimum atomic E-state index is -3.65. The monoisotopic (exact) mass is 419 g/mol. The summed E-state index contributed by atoms with van der Waals surface area (Å²) in [4.78, 5) is 1.44. The molecule has 2 aromatic heterocycles. The van der Waals surface area contributed by atoms with Crippen molar-refractivity contribution in [2.24, 2.45) is 0 Å². The second kappa shape index (κ2) is 9.41. The van der Waals surface area contributed by atoms with E-state index in [1.54, 1.807) is 48.1 Å². The van der Waals surface area contributed by atoms with Gasteiger partial charge in [-0.05, 0) is 61.0 Å². The molecule has 5 nitrogen and oxygen atoms in total. The van der Waals surface area contributed by atoms with Gasteiger partial charge in [0.25, 0.3) is 0 Å². The molecule has 3 rings (SSSR count). The van der Waals surface area contributed by atoms with Crippen LogP contribution in [0.5, 0.6) is 5.75 Å². The van der Waals surface area contributed by atoms with Crippen molar-refractivity contribution in [3.63, 3.8) is 0 Å². The van der Waals surface area contributed by atoms with Gasteiger partial charge in [0, 0.05) is 23.5 Å². The molecule has 0 saturated heterocycles. The minimum absolute atomic E-state index is 0.275. The molecule has 7 heteroatoms. The number of thiophene rings is 1. The number of benzene rings is 1. The summed E-state index contributed by atoms with van der Waals surface area (Å²) in [6.45, 7) is 5.20. The summed E-state index contributed by atoms with van der Waals surface area (Å²) in [6.07, 6.45) is 4.72. The molecule has 150 valence electrons. The standard InChI is InChI=1S/C21H25NO4S2/c1-3-11-26-21-7-6-20(14-17(21)2)28(23,24)22(15-18-9-12-25-16-18)10-8-19-5-4-13-27-19/h4-7,9,12-14,16H,3,8,10-11,15H2,1-2H3. The van der Waals surface area contributed by atoms with Crippen molar-refractivity contribution in [3.8, 4) is 5.75 Å². The second-order valence-electron chi connectivity index (χ2n) is 6.58. The van der Waals surface area contributed by atoms with Crippen LogP contribution in [0.4, 0.5) is 0 Å². The average Bonchev–Trinajstić information content (AvgIpc) is 3.37. The zero-order chi connectivity index (χ0) is 20.0. The molecule has 0 aliphatic rings. The van der Waals surface area contributed by atoms with Crippen molar-refractivity contribution in [1.29, 1.82) is 0 Å². The van der Waals surface area contributed by atoms with Gasteiger partial charge in [0.2, 0.25) is 10.0 Å². The lowest BCUT2D eigenvalue weighted by Crippen LogP contribution is -2.32. The molecule has 0 bridgehead atoms. The Bertz CT molecular complexity index is 964. The summed E-state index contributed by atoms with van der Waals surface area (Å²) >= 11 is 1.63. The van der Waals surface area contributed by atoms with Gasteiger partial charge >= 0.3 is 0 Å². The highest BCUT2D eigenvalue weighted by Gasteiger charge is 2.25. The maximum absolute atomic E-state index is 13.4. The largest absolute Gasteiger partial charge is 0.493 e. The van der Waals surface area contributed by atoms with Crippen LogP contribution in [0.25, 0.3) is 0 Å². The van der Waals surface area contributed by atoms with E-state index in [2.05, 4.69) is 0 Å². The Morgan fingerprint density at radius 1 is 1.21 bits per heavy atom. The molecule has 0 aliphatic carbocycles. The van der Waals surface area contributed by atoms with Gasteiger partial charge in [-0.2, -0.15) is 4.31 Å². The van der Waals surface area contributed by atoms with E-state index in [1.807, 2.05) is 31.4 Å². The first-order chi connectivity index (χ1) is 13.5. The summed E-state index contributed by atoms with van der Waals surface area (Å²) in [5, 5.41) is 2.00. The van der Waals surface area contributed by atoms with Crippen molar-refractivity contribution in [1.82, 2.24) is 4.31 Å². The van der Waals surface area contributed by atoms with Crippen LogP contribution in [0.1, 0.15) is 29.3 Å². The molecule has 2 heterocycles. The van der Waals surface area contributed by atoms with Crippen molar-refractivity contribution in [2.75, 3.05) is 13.2 Å². The number of furan rings is 1. The van der Waals surface area contributed by atoms with Gasteiger partial charge in [0.15, 0.2) is 0 Å². The topological polar surface area (TPSA) is 59.8 Å². The zero-order valence-electron chi connectivity index (χ0n) is 16.1. The predicted molar refractivity (Wildman–Crippen MR) is 111 cm³/mol. The van der Waals surface area contributed by atoms with Crippen LogP contribution in [-0.4, -0.2) is 25.9 Å². The smallest absolute Gasteiger partial charge is 0.243 e. The van der Waals surface area contributed by atoms with Crippen LogP contribution in [0.3, 0.4) is 0 Å². The van der Waals surface area contributed by atoms with E-state index in [-0.39, 0.29) is 11.4 Å². The highest BCUT2D eigenvalue weighted by Crippen LogP contribution is 2.26. The van der Waals surface area contributed by atoms with Crippen LogP contribution < -0.4 is 4.74 Å². The molecule has 0 spiro atoms. The van der Waals surface area contributed by atoms with Crippen LogP contribution >= 0.6 is 11.3 Å². The maximum Gasteiger partial charge on any atom is 0.243 e. The lowest BCUT2D eigenvalue weighted by atomic mass is 10.2. The number of hydrogen-bond acceptors (Lipinski definition) is 5. The molecule has 3 aromatic rings. The molecule has 0 amide bonds. The molecular weight excluding hydrogens is 394 g/mol. The highest BCUT2D eigenvalue weighted by atomic mass is 32.2. The molecule has 0 saturated carbocycles. The minimum Gasteiger partial charge on any atom is -0.493 e. The Morgan fingerprint density at radius 2 is 2.07 bits per heavy atom. The normalized spacial score (nSPS) is 11.8. The summed E-state index contributed by atoms with van der Waals surface area (Å²) in [5.74, 6) is 0.723. The fourth-order valence-electron chi connectivity index (χ4n) is 2.87. The van der Waals surface area contributed by atoms with Gasteiger partial charge in [0.1, 0.15) is 5.75 Å². The zero-order valence-corrected chi connectivity index (χ0v) is 17.8. The highest BCUT2D eigenvalue weighted by molar-refractivity contribution is 7.89. The summed E-state index contributed by atoms with van der Waals surface area (Å²) in [6, 6.07) is 10.9. The van der Waals surface area contributed by atoms with Crippen molar-refractivity contribution >= 4 is 21.4 Å². The number of rotatable bonds is 10. The van der Waals surface area contributed by atoms with E-state index in [0.29, 0.717) is 19.6 Å². The molecule has 0 atom stereocenters. The third-order valence-corrected chi connectivity index (χ3v) is 7.15. The third kappa shape index (κ3) is 5.04. The molecule has 0 N–H and O–H groups in total. The molecular formula is C21H25NO4S2. The molecule has 0 fully saturated rings. The molecule has 0 unspecified atom stereocenters. The Balaban J connectivity index is 1.84. The number of hydrogen-bond donors (Lipinski definition) is 0. The van der Waals surface area contributed by atoms with Gasteiger partial charge in [0.05, 0.1) is 24.0 Å². The van der Waals surface area contributed by atoms with Crippen molar-refractivity contribution in [2.45, 2.75) is 38.1 Å². The Kier molecular flexibility index (Phi) is 6.93. The first kappa shape index (κ1) is 20.6. The molecule has 28 heavy (non-hydrogen) atoms. The fraction of sp³-hybridized carbons (Fsp3) is 0.333. The summed E-state index contributed by atoms with van der Waals surface area (Å²) in [5.41, 5.74) is 1.64. The van der Waals surface area contributed by atoms with Crippen LogP contribution in [0, 0.1) is 6.92 Å². The van der Waals surface area contributed by atoms with E-state index in [4.69, 9.17) is 9.15 Å². The van der Waals surface area contributed by atoms with E-state index >= 15 is 0 Å². The second-order valence-corrected chi connectivity index (χ2v) is 9.55. The molecule has 1 aromatic carbocycles. The molecule has 0 aliphatic heterocycles. The first-order valence-electron chi connectivity index (χ1n) is 9.27. The average molecular weight is 420 g/mol. The maximum atomic E-state index is 13.4. The number of aryl methyl sites for hydroxylation is 1. The first-order valence-corrected chi connectivity index (χ1v) is 11.6. The lowest BCUT2D eigenvalue weighted by molar-refractivity contribution is 0.315. The Hall–Kier alpha value is -2.09. The molecule has 0 radical (unpaired) electrons. The SMILES string of the molecule is CCCOc1ccc(S(=O)(=O)N(CCc2cccs2)Cc2ccoc2)cc1C. The Labute approximate surface area is 170 Å². The number of ether oxygens (including phenoxy) is 1. The van der Waals surface area contributed by atoms with Crippen molar-refractivity contribution < 1.29 is 17.6 Å². The summed E-state index contributed by atoms with van der Waals surface area (Å²) in [7, 11) is -3.65. The van der Waals surface area contributed by atoms with Crippen molar-refractivity contribution in [3.05, 3.63) is 70.3 Å². The number of nitrogens with zero attached hydrogens (tertiary/aromatic N) is 1. The summed E-state index contributed by atoms with van der Waals surface area (Å²) < 4.78 is 39.0. The fourth-order valence-corrected chi connectivity index (χ4v) is 5.08. The van der Waals surface area contributed by atoms with Gasteiger partial charge in [-0.15, -0.1) is 11.3 Å². The van der Waals surface area contributed by atoms with Gasteiger partial charge < -0.3 is 9.15 Å². The van der Waals surface area contributed by atoms with E-state index in [1.165, 1.54) is 4.31 Å². The van der Waals surface area contributed by atoms with E-state index in [9.17, 15) is 8.42 Å². The van der Waals surface area contributed by atoms with Gasteiger partial charge in [-0.3, -0.25) is 0 Å². The Morgan fingerprint density at radius 3 is 2.71 bits per heavy atom.